The smallest absolute Gasteiger partial charge is 0.329 e. The van der Waals surface area contributed by atoms with E-state index in [9.17, 15) is 14.4 Å². The fourth-order valence-electron chi connectivity index (χ4n) is 2.85. The Morgan fingerprint density at radius 1 is 1.26 bits per heavy atom. The molecular weight excluding hydrogens is 352 g/mol. The Hall–Kier alpha value is -3.69. The number of nitrogens with one attached hydrogen (secondary N) is 3. The number of amides is 1. The summed E-state index contributed by atoms with van der Waals surface area (Å²) in [5.74, 6) is 0.801. The average Bonchev–Trinajstić information content (AvgIpc) is 3.21. The number of carbonyl (C=O) groups is 1. The Morgan fingerprint density at radius 3 is 2.89 bits per heavy atom. The van der Waals surface area contributed by atoms with Crippen molar-refractivity contribution in [3.63, 3.8) is 0 Å². The molecule has 1 amide bonds. The van der Waals surface area contributed by atoms with Gasteiger partial charge in [0, 0.05) is 32.5 Å². The van der Waals surface area contributed by atoms with Gasteiger partial charge in [-0.3, -0.25) is 19.1 Å². The van der Waals surface area contributed by atoms with Gasteiger partial charge in [-0.1, -0.05) is 0 Å². The van der Waals surface area contributed by atoms with Crippen LogP contribution in [0, 0.1) is 6.92 Å². The van der Waals surface area contributed by atoms with Crippen LogP contribution in [0.15, 0.2) is 32.2 Å². The summed E-state index contributed by atoms with van der Waals surface area (Å²) in [5.41, 5.74) is 1.33. The van der Waals surface area contributed by atoms with Gasteiger partial charge in [-0.2, -0.15) is 0 Å². The minimum Gasteiger partial charge on any atom is -0.441 e. The highest BCUT2D eigenvalue weighted by atomic mass is 16.3. The third-order valence-electron chi connectivity index (χ3n) is 4.17. The summed E-state index contributed by atoms with van der Waals surface area (Å²) in [6.45, 7) is 1.76. The van der Waals surface area contributed by atoms with Gasteiger partial charge in [-0.25, -0.2) is 14.8 Å². The van der Waals surface area contributed by atoms with Gasteiger partial charge in [-0.15, -0.1) is 0 Å². The first-order valence-electron chi connectivity index (χ1n) is 8.25. The van der Waals surface area contributed by atoms with Crippen molar-refractivity contribution in [1.29, 1.82) is 0 Å². The number of imidazole rings is 1. The van der Waals surface area contributed by atoms with Crippen LogP contribution in [0.2, 0.25) is 0 Å². The molecule has 0 aliphatic rings. The van der Waals surface area contributed by atoms with Gasteiger partial charge >= 0.3 is 5.69 Å². The second-order valence-electron chi connectivity index (χ2n) is 6.16. The molecule has 0 radical (unpaired) electrons. The zero-order chi connectivity index (χ0) is 19.1. The standard InChI is InChI=1S/C17H16N6O4/c1-8-18-10-7-9(3-4-11(10)27-8)19-13(24)6-5-12-20-14-15(21-12)23(2)17(26)22-16(14)25/h3-4,7H,5-6H2,1-2H3,(H,19,24)(H,20,21)(H,22,25,26). The van der Waals surface area contributed by atoms with Gasteiger partial charge in [0.15, 0.2) is 17.1 Å². The van der Waals surface area contributed by atoms with E-state index in [1.54, 1.807) is 25.1 Å². The number of oxazole rings is 1. The molecule has 1 aromatic carbocycles. The zero-order valence-corrected chi connectivity index (χ0v) is 14.6. The molecule has 10 heteroatoms. The maximum atomic E-state index is 12.2. The van der Waals surface area contributed by atoms with Crippen molar-refractivity contribution < 1.29 is 9.21 Å². The van der Waals surface area contributed by atoms with Gasteiger partial charge in [-0.05, 0) is 18.2 Å². The number of H-pyrrole nitrogens is 2. The third kappa shape index (κ3) is 3.12. The van der Waals surface area contributed by atoms with Crippen LogP contribution in [0.4, 0.5) is 5.69 Å². The zero-order valence-electron chi connectivity index (χ0n) is 14.6. The van der Waals surface area contributed by atoms with Crippen molar-refractivity contribution in [2.24, 2.45) is 7.05 Å². The molecule has 0 atom stereocenters. The summed E-state index contributed by atoms with van der Waals surface area (Å²) in [7, 11) is 1.51. The minimum absolute atomic E-state index is 0.154. The second-order valence-corrected chi connectivity index (χ2v) is 6.16. The summed E-state index contributed by atoms with van der Waals surface area (Å²) < 4.78 is 6.64. The fourth-order valence-corrected chi connectivity index (χ4v) is 2.85. The van der Waals surface area contributed by atoms with Gasteiger partial charge in [0.25, 0.3) is 5.56 Å². The minimum atomic E-state index is -0.540. The molecule has 10 nitrogen and oxygen atoms in total. The highest BCUT2D eigenvalue weighted by molar-refractivity contribution is 5.92. The van der Waals surface area contributed by atoms with Gasteiger partial charge in [0.2, 0.25) is 5.91 Å². The highest BCUT2D eigenvalue weighted by Gasteiger charge is 2.12. The number of fused-ring (bicyclic) bond motifs is 2. The maximum Gasteiger partial charge on any atom is 0.329 e. The Bertz CT molecular complexity index is 1290. The largest absolute Gasteiger partial charge is 0.441 e. The molecule has 4 aromatic rings. The lowest BCUT2D eigenvalue weighted by Crippen LogP contribution is -2.28. The van der Waals surface area contributed by atoms with Crippen molar-refractivity contribution >= 4 is 33.9 Å². The predicted molar refractivity (Wildman–Crippen MR) is 97.7 cm³/mol. The third-order valence-corrected chi connectivity index (χ3v) is 4.17. The van der Waals surface area contributed by atoms with Crippen LogP contribution in [0.5, 0.6) is 0 Å². The molecule has 27 heavy (non-hydrogen) atoms. The average molecular weight is 368 g/mol. The Kier molecular flexibility index (Phi) is 3.87. The first-order valence-corrected chi connectivity index (χ1v) is 8.25. The normalized spacial score (nSPS) is 11.3. The number of carbonyl (C=O) groups excluding carboxylic acids is 1. The van der Waals surface area contributed by atoms with Crippen LogP contribution in [0.3, 0.4) is 0 Å². The van der Waals surface area contributed by atoms with E-state index in [0.717, 1.165) is 0 Å². The number of hydrogen-bond acceptors (Lipinski definition) is 6. The topological polar surface area (TPSA) is 139 Å². The van der Waals surface area contributed by atoms with Gasteiger partial charge < -0.3 is 14.7 Å². The Labute approximate surface area is 151 Å². The maximum absolute atomic E-state index is 12.2. The number of aromatic nitrogens is 5. The number of anilines is 1. The molecule has 0 saturated heterocycles. The first-order chi connectivity index (χ1) is 12.9. The van der Waals surface area contributed by atoms with Crippen LogP contribution in [0.25, 0.3) is 22.3 Å². The van der Waals surface area contributed by atoms with E-state index >= 15 is 0 Å². The molecular formula is C17H16N6O4. The highest BCUT2D eigenvalue weighted by Crippen LogP contribution is 2.19. The van der Waals surface area contributed by atoms with E-state index in [2.05, 4.69) is 25.3 Å². The predicted octanol–water partition coefficient (Wildman–Crippen LogP) is 0.971. The van der Waals surface area contributed by atoms with Crippen molar-refractivity contribution in [3.8, 4) is 0 Å². The molecule has 0 spiro atoms. The summed E-state index contributed by atoms with van der Waals surface area (Å²) in [6.07, 6.45) is 0.445. The molecule has 0 bridgehead atoms. The van der Waals surface area contributed by atoms with E-state index in [-0.39, 0.29) is 23.5 Å². The summed E-state index contributed by atoms with van der Waals surface area (Å²) in [4.78, 5) is 49.2. The second kappa shape index (κ2) is 6.24. The summed E-state index contributed by atoms with van der Waals surface area (Å²) in [6, 6.07) is 5.22. The molecule has 3 heterocycles. The Morgan fingerprint density at radius 2 is 2.07 bits per heavy atom. The van der Waals surface area contributed by atoms with Crippen molar-refractivity contribution in [3.05, 3.63) is 50.8 Å². The van der Waals surface area contributed by atoms with Crippen LogP contribution >= 0.6 is 0 Å². The Balaban J connectivity index is 1.47. The van der Waals surface area contributed by atoms with Gasteiger partial charge in [0.05, 0.1) is 0 Å². The molecule has 4 rings (SSSR count). The van der Waals surface area contributed by atoms with Crippen molar-refractivity contribution in [2.75, 3.05) is 5.32 Å². The van der Waals surface area contributed by atoms with Crippen LogP contribution in [-0.2, 0) is 18.3 Å². The van der Waals surface area contributed by atoms with Crippen LogP contribution in [0.1, 0.15) is 18.1 Å². The fraction of sp³-hybridized carbons (Fsp3) is 0.235. The molecule has 0 aliphatic heterocycles. The molecule has 0 saturated carbocycles. The molecule has 138 valence electrons. The number of aromatic amines is 2. The van der Waals surface area contributed by atoms with Crippen LogP contribution in [-0.4, -0.2) is 30.4 Å². The van der Waals surface area contributed by atoms with Crippen molar-refractivity contribution in [1.82, 2.24) is 24.5 Å². The molecule has 0 fully saturated rings. The number of benzene rings is 1. The SMILES string of the molecule is Cc1nc2cc(NC(=O)CCc3nc4c([nH]3)c(=O)[nH]c(=O)n4C)ccc2o1. The number of aryl methyl sites for hydroxylation is 3. The first kappa shape index (κ1) is 16.8. The van der Waals surface area contributed by atoms with Crippen LogP contribution < -0.4 is 16.6 Å². The number of hydrogen-bond donors (Lipinski definition) is 3. The van der Waals surface area contributed by atoms with E-state index in [1.165, 1.54) is 11.6 Å². The summed E-state index contributed by atoms with van der Waals surface area (Å²) in [5, 5.41) is 2.79. The molecule has 0 unspecified atom stereocenters. The lowest BCUT2D eigenvalue weighted by molar-refractivity contribution is -0.116. The van der Waals surface area contributed by atoms with E-state index < -0.39 is 11.2 Å². The lowest BCUT2D eigenvalue weighted by Gasteiger charge is -2.04. The molecule has 3 aromatic heterocycles. The van der Waals surface area contributed by atoms with E-state index in [0.29, 0.717) is 34.9 Å². The monoisotopic (exact) mass is 368 g/mol. The molecule has 0 aliphatic carbocycles. The van der Waals surface area contributed by atoms with E-state index in [4.69, 9.17) is 4.42 Å². The number of nitrogens with zero attached hydrogens (tertiary/aromatic N) is 3. The van der Waals surface area contributed by atoms with Crippen molar-refractivity contribution in [2.45, 2.75) is 19.8 Å². The summed E-state index contributed by atoms with van der Waals surface area (Å²) >= 11 is 0. The quantitative estimate of drug-likeness (QED) is 0.490. The lowest BCUT2D eigenvalue weighted by atomic mass is 10.2. The molecule has 3 N–H and O–H groups in total. The van der Waals surface area contributed by atoms with Gasteiger partial charge in [0.1, 0.15) is 16.9 Å². The number of rotatable bonds is 4. The van der Waals surface area contributed by atoms with E-state index in [1.807, 2.05) is 0 Å².